The molecule has 0 aliphatic heterocycles. The number of thiazole rings is 1. The SMILES string of the molecule is CN(C(=O)CSc1nnc2c3c4c(sc3nc(Cc3ccccc3)n12)CCCC4)c1nc(-c2ccccc2)cs1. The first-order valence-electron chi connectivity index (χ1n) is 13.3. The van der Waals surface area contributed by atoms with Gasteiger partial charge in [0.15, 0.2) is 15.9 Å². The Bertz CT molecular complexity index is 1830. The third-order valence-electron chi connectivity index (χ3n) is 7.25. The summed E-state index contributed by atoms with van der Waals surface area (Å²) in [5.41, 5.74) is 5.32. The van der Waals surface area contributed by atoms with Gasteiger partial charge < -0.3 is 0 Å². The van der Waals surface area contributed by atoms with Gasteiger partial charge >= 0.3 is 0 Å². The van der Waals surface area contributed by atoms with Crippen molar-refractivity contribution in [1.29, 1.82) is 0 Å². The van der Waals surface area contributed by atoms with Crippen LogP contribution in [0, 0.1) is 0 Å². The highest BCUT2D eigenvalue weighted by atomic mass is 32.2. The van der Waals surface area contributed by atoms with E-state index in [0.29, 0.717) is 16.7 Å². The van der Waals surface area contributed by atoms with Crippen LogP contribution in [-0.4, -0.2) is 43.3 Å². The monoisotopic (exact) mass is 582 g/mol. The number of carbonyl (C=O) groups is 1. The Labute approximate surface area is 243 Å². The summed E-state index contributed by atoms with van der Waals surface area (Å²) < 4.78 is 2.08. The maximum absolute atomic E-state index is 13.3. The molecule has 40 heavy (non-hydrogen) atoms. The molecule has 1 aliphatic rings. The Morgan fingerprint density at radius 2 is 1.77 bits per heavy atom. The molecule has 4 heterocycles. The molecule has 200 valence electrons. The van der Waals surface area contributed by atoms with Crippen molar-refractivity contribution in [2.45, 2.75) is 37.3 Å². The second-order valence-corrected chi connectivity index (χ2v) is 12.7. The van der Waals surface area contributed by atoms with Gasteiger partial charge in [-0.15, -0.1) is 32.9 Å². The Balaban J connectivity index is 1.20. The van der Waals surface area contributed by atoms with Gasteiger partial charge in [0.2, 0.25) is 5.91 Å². The number of thioether (sulfide) groups is 1. The lowest BCUT2D eigenvalue weighted by atomic mass is 9.97. The third-order valence-corrected chi connectivity index (χ3v) is 10.3. The van der Waals surface area contributed by atoms with Gasteiger partial charge in [0.25, 0.3) is 0 Å². The van der Waals surface area contributed by atoms with Gasteiger partial charge in [-0.3, -0.25) is 14.1 Å². The van der Waals surface area contributed by atoms with Gasteiger partial charge in [-0.25, -0.2) is 9.97 Å². The summed E-state index contributed by atoms with van der Waals surface area (Å²) in [5.74, 6) is 1.08. The summed E-state index contributed by atoms with van der Waals surface area (Å²) in [6.45, 7) is 0. The zero-order valence-electron chi connectivity index (χ0n) is 21.9. The lowest BCUT2D eigenvalue weighted by Gasteiger charge is -2.13. The molecule has 0 radical (unpaired) electrons. The van der Waals surface area contributed by atoms with Crippen molar-refractivity contribution in [2.24, 2.45) is 0 Å². The second kappa shape index (κ2) is 10.8. The minimum absolute atomic E-state index is 0.0396. The van der Waals surface area contributed by atoms with Crippen LogP contribution in [0.1, 0.15) is 34.7 Å². The van der Waals surface area contributed by atoms with E-state index in [1.54, 1.807) is 23.3 Å². The van der Waals surface area contributed by atoms with Gasteiger partial charge in [0.1, 0.15) is 10.7 Å². The first kappa shape index (κ1) is 25.4. The second-order valence-electron chi connectivity index (χ2n) is 9.85. The Hall–Kier alpha value is -3.60. The number of nitrogens with zero attached hydrogens (tertiary/aromatic N) is 6. The van der Waals surface area contributed by atoms with Gasteiger partial charge in [-0.1, -0.05) is 72.4 Å². The van der Waals surface area contributed by atoms with Crippen molar-refractivity contribution in [3.8, 4) is 11.3 Å². The van der Waals surface area contributed by atoms with Crippen LogP contribution in [0.25, 0.3) is 27.1 Å². The number of benzene rings is 2. The lowest BCUT2D eigenvalue weighted by Crippen LogP contribution is -2.27. The van der Waals surface area contributed by atoms with Crippen LogP contribution < -0.4 is 4.90 Å². The maximum Gasteiger partial charge on any atom is 0.238 e. The Morgan fingerprint density at radius 3 is 2.60 bits per heavy atom. The molecule has 1 amide bonds. The topological polar surface area (TPSA) is 76.3 Å². The highest BCUT2D eigenvalue weighted by Crippen LogP contribution is 2.38. The molecule has 2 aromatic carbocycles. The molecule has 0 atom stereocenters. The predicted octanol–water partition coefficient (Wildman–Crippen LogP) is 6.69. The van der Waals surface area contributed by atoms with E-state index in [0.717, 1.165) is 45.8 Å². The van der Waals surface area contributed by atoms with E-state index >= 15 is 0 Å². The first-order valence-corrected chi connectivity index (χ1v) is 16.0. The average Bonchev–Trinajstić information content (AvgIpc) is 3.73. The van der Waals surface area contributed by atoms with Crippen molar-refractivity contribution in [2.75, 3.05) is 17.7 Å². The predicted molar refractivity (Wildman–Crippen MR) is 164 cm³/mol. The number of aromatic nitrogens is 5. The molecule has 7 nitrogen and oxygen atoms in total. The molecular formula is C30H26N6OS3. The zero-order valence-corrected chi connectivity index (χ0v) is 24.4. The molecule has 0 unspecified atom stereocenters. The highest BCUT2D eigenvalue weighted by molar-refractivity contribution is 7.99. The number of hydrogen-bond acceptors (Lipinski definition) is 8. The number of aryl methyl sites for hydroxylation is 2. The quantitative estimate of drug-likeness (QED) is 0.195. The highest BCUT2D eigenvalue weighted by Gasteiger charge is 2.24. The Morgan fingerprint density at radius 1 is 1.00 bits per heavy atom. The number of thiophene rings is 1. The molecular weight excluding hydrogens is 557 g/mol. The Kier molecular flexibility index (Phi) is 6.82. The summed E-state index contributed by atoms with van der Waals surface area (Å²) in [7, 11) is 1.78. The van der Waals surface area contributed by atoms with Crippen LogP contribution in [0.15, 0.2) is 71.2 Å². The van der Waals surface area contributed by atoms with Crippen molar-refractivity contribution in [3.63, 3.8) is 0 Å². The van der Waals surface area contributed by atoms with Crippen LogP contribution in [-0.2, 0) is 24.1 Å². The fourth-order valence-corrected chi connectivity index (χ4v) is 8.13. The van der Waals surface area contributed by atoms with E-state index < -0.39 is 0 Å². The van der Waals surface area contributed by atoms with E-state index in [4.69, 9.17) is 9.97 Å². The standard InChI is InChI=1S/C30H26N6OS3/c1-35(29-31-22(17-38-29)20-12-6-3-7-13-20)25(37)18-39-30-34-33-27-26-21-14-8-9-15-23(21)40-28(26)32-24(36(27)30)16-19-10-4-2-5-11-19/h2-7,10-13,17H,8-9,14-16,18H2,1H3. The number of hydrogen-bond donors (Lipinski definition) is 0. The van der Waals surface area contributed by atoms with Crippen LogP contribution in [0.3, 0.4) is 0 Å². The number of amides is 1. The van der Waals surface area contributed by atoms with Crippen LogP contribution >= 0.6 is 34.4 Å². The van der Waals surface area contributed by atoms with Crippen molar-refractivity contribution >= 4 is 61.3 Å². The fraction of sp³-hybridized carbons (Fsp3) is 0.233. The minimum Gasteiger partial charge on any atom is -0.291 e. The summed E-state index contributed by atoms with van der Waals surface area (Å²) in [4.78, 5) is 27.2. The van der Waals surface area contributed by atoms with Crippen molar-refractivity contribution in [1.82, 2.24) is 24.6 Å². The van der Waals surface area contributed by atoms with Crippen LogP contribution in [0.2, 0.25) is 0 Å². The van der Waals surface area contributed by atoms with E-state index in [9.17, 15) is 4.79 Å². The van der Waals surface area contributed by atoms with Crippen molar-refractivity contribution < 1.29 is 4.79 Å². The average molecular weight is 583 g/mol. The summed E-state index contributed by atoms with van der Waals surface area (Å²) in [6, 6.07) is 20.4. The molecule has 0 bridgehead atoms. The normalized spacial score (nSPS) is 13.1. The lowest BCUT2D eigenvalue weighted by molar-refractivity contribution is -0.115. The largest absolute Gasteiger partial charge is 0.291 e. The molecule has 0 saturated carbocycles. The molecule has 1 aliphatic carbocycles. The molecule has 6 aromatic rings. The first-order chi connectivity index (χ1) is 19.7. The van der Waals surface area contributed by atoms with Crippen LogP contribution in [0.4, 0.5) is 5.13 Å². The zero-order chi connectivity index (χ0) is 27.1. The van der Waals surface area contributed by atoms with Crippen molar-refractivity contribution in [3.05, 3.63) is 87.9 Å². The van der Waals surface area contributed by atoms with E-state index in [1.807, 2.05) is 53.9 Å². The summed E-state index contributed by atoms with van der Waals surface area (Å²) >= 11 is 4.67. The third kappa shape index (κ3) is 4.70. The molecule has 0 saturated heterocycles. The molecule has 10 heteroatoms. The minimum atomic E-state index is -0.0396. The molecule has 7 rings (SSSR count). The van der Waals surface area contributed by atoms with E-state index in [-0.39, 0.29) is 11.7 Å². The van der Waals surface area contributed by atoms with Gasteiger partial charge in [-0.05, 0) is 36.8 Å². The number of rotatable bonds is 7. The fourth-order valence-electron chi connectivity index (χ4n) is 5.17. The smallest absolute Gasteiger partial charge is 0.238 e. The maximum atomic E-state index is 13.3. The van der Waals surface area contributed by atoms with Crippen LogP contribution in [0.5, 0.6) is 0 Å². The van der Waals surface area contributed by atoms with E-state index in [1.165, 1.54) is 51.9 Å². The summed E-state index contributed by atoms with van der Waals surface area (Å²) in [5, 5.41) is 13.7. The number of fused-ring (bicyclic) bond motifs is 5. The molecule has 4 aromatic heterocycles. The number of carbonyl (C=O) groups excluding carboxylic acids is 1. The molecule has 0 spiro atoms. The molecule has 0 N–H and O–H groups in total. The summed E-state index contributed by atoms with van der Waals surface area (Å²) in [6.07, 6.45) is 5.24. The van der Waals surface area contributed by atoms with E-state index in [2.05, 4.69) is 26.7 Å². The van der Waals surface area contributed by atoms with Gasteiger partial charge in [0, 0.05) is 29.3 Å². The molecule has 0 fully saturated rings. The van der Waals surface area contributed by atoms with Gasteiger partial charge in [-0.2, -0.15) is 0 Å². The van der Waals surface area contributed by atoms with Gasteiger partial charge in [0.05, 0.1) is 16.8 Å². The number of anilines is 1.